The van der Waals surface area contributed by atoms with Crippen LogP contribution in [0.25, 0.3) is 0 Å². The van der Waals surface area contributed by atoms with Crippen LogP contribution in [0.5, 0.6) is 0 Å². The van der Waals surface area contributed by atoms with E-state index in [2.05, 4.69) is 31.0 Å². The summed E-state index contributed by atoms with van der Waals surface area (Å²) in [5, 5.41) is 2.91. The molecule has 0 bridgehead atoms. The Hall–Kier alpha value is -1.10. The maximum atomic E-state index is 13.0. The third-order valence-electron chi connectivity index (χ3n) is 6.28. The molecule has 0 aromatic rings. The van der Waals surface area contributed by atoms with Crippen LogP contribution in [-0.4, -0.2) is 60.4 Å². The van der Waals surface area contributed by atoms with E-state index in [9.17, 15) is 9.59 Å². The lowest BCUT2D eigenvalue weighted by Crippen LogP contribution is -2.54. The average Bonchev–Trinajstić information content (AvgIpc) is 2.97. The zero-order valence-electron chi connectivity index (χ0n) is 15.5. The Morgan fingerprint density at radius 3 is 2.25 bits per heavy atom. The van der Waals surface area contributed by atoms with E-state index in [1.165, 1.54) is 32.1 Å². The van der Waals surface area contributed by atoms with E-state index in [-0.39, 0.29) is 23.1 Å². The highest BCUT2D eigenvalue weighted by Gasteiger charge is 2.47. The van der Waals surface area contributed by atoms with Gasteiger partial charge in [-0.3, -0.25) is 14.5 Å². The molecule has 3 fully saturated rings. The van der Waals surface area contributed by atoms with Crippen molar-refractivity contribution >= 4 is 11.8 Å². The van der Waals surface area contributed by atoms with Crippen molar-refractivity contribution in [3.05, 3.63) is 0 Å². The minimum absolute atomic E-state index is 0.0383. The minimum Gasteiger partial charge on any atom is -0.355 e. The molecule has 5 heteroatoms. The number of hydrogen-bond acceptors (Lipinski definition) is 3. The highest BCUT2D eigenvalue weighted by molar-refractivity contribution is 6.02. The summed E-state index contributed by atoms with van der Waals surface area (Å²) >= 11 is 0. The van der Waals surface area contributed by atoms with Gasteiger partial charge in [-0.1, -0.05) is 40.0 Å². The largest absolute Gasteiger partial charge is 0.355 e. The SMILES string of the molecule is CC(C)(C)[C@@H]1CNC(=O)[C@@H]1C(=O)N1CCN(C2CCCCC2)CC1. The standard InChI is InChI=1S/C19H33N3O2/c1-19(2,3)15-13-20-17(23)16(15)18(24)22-11-9-21(10-12-22)14-7-5-4-6-8-14/h14-16H,4-13H2,1-3H3,(H,20,23)/t15-,16-/m1/s1. The number of carbonyl (C=O) groups is 2. The topological polar surface area (TPSA) is 52.7 Å². The molecule has 2 aliphatic heterocycles. The van der Waals surface area contributed by atoms with Gasteiger partial charge in [-0.05, 0) is 18.3 Å². The van der Waals surface area contributed by atoms with Crippen LogP contribution < -0.4 is 5.32 Å². The Morgan fingerprint density at radius 1 is 1.04 bits per heavy atom. The summed E-state index contributed by atoms with van der Waals surface area (Å²) in [6.07, 6.45) is 6.69. The van der Waals surface area contributed by atoms with E-state index in [4.69, 9.17) is 0 Å². The van der Waals surface area contributed by atoms with Crippen molar-refractivity contribution in [2.24, 2.45) is 17.3 Å². The zero-order chi connectivity index (χ0) is 17.3. The molecule has 1 N–H and O–H groups in total. The number of nitrogens with zero attached hydrogens (tertiary/aromatic N) is 2. The summed E-state index contributed by atoms with van der Waals surface area (Å²) in [7, 11) is 0. The summed E-state index contributed by atoms with van der Waals surface area (Å²) in [6.45, 7) is 10.5. The number of amides is 2. The summed E-state index contributed by atoms with van der Waals surface area (Å²) in [6, 6.07) is 0.716. The number of nitrogens with one attached hydrogen (secondary N) is 1. The van der Waals surface area contributed by atoms with E-state index in [1.807, 2.05) is 4.90 Å². The van der Waals surface area contributed by atoms with Crippen molar-refractivity contribution in [3.8, 4) is 0 Å². The lowest BCUT2D eigenvalue weighted by atomic mass is 9.74. The van der Waals surface area contributed by atoms with Crippen molar-refractivity contribution in [1.82, 2.24) is 15.1 Å². The van der Waals surface area contributed by atoms with E-state index >= 15 is 0 Å². The third kappa shape index (κ3) is 3.61. The van der Waals surface area contributed by atoms with Crippen molar-refractivity contribution < 1.29 is 9.59 Å². The number of piperazine rings is 1. The maximum Gasteiger partial charge on any atom is 0.235 e. The number of carbonyl (C=O) groups excluding carboxylic acids is 2. The highest BCUT2D eigenvalue weighted by atomic mass is 16.2. The molecular weight excluding hydrogens is 302 g/mol. The Kier molecular flexibility index (Phi) is 5.19. The summed E-state index contributed by atoms with van der Waals surface area (Å²) in [5.41, 5.74) is -0.0383. The van der Waals surface area contributed by atoms with Crippen molar-refractivity contribution in [3.63, 3.8) is 0 Å². The zero-order valence-corrected chi connectivity index (χ0v) is 15.5. The maximum absolute atomic E-state index is 13.0. The van der Waals surface area contributed by atoms with Crippen LogP contribution in [0.4, 0.5) is 0 Å². The van der Waals surface area contributed by atoms with Gasteiger partial charge in [0.1, 0.15) is 5.92 Å². The molecule has 3 aliphatic rings. The first-order chi connectivity index (χ1) is 11.4. The van der Waals surface area contributed by atoms with Gasteiger partial charge < -0.3 is 10.2 Å². The summed E-state index contributed by atoms with van der Waals surface area (Å²) in [5.74, 6) is -0.428. The lowest BCUT2D eigenvalue weighted by molar-refractivity contribution is -0.144. The predicted octanol–water partition coefficient (Wildman–Crippen LogP) is 1.87. The van der Waals surface area contributed by atoms with Gasteiger partial charge in [-0.25, -0.2) is 0 Å². The Bertz CT molecular complexity index is 471. The average molecular weight is 335 g/mol. The van der Waals surface area contributed by atoms with Crippen LogP contribution >= 0.6 is 0 Å². The molecule has 136 valence electrons. The molecule has 0 unspecified atom stereocenters. The van der Waals surface area contributed by atoms with Crippen LogP contribution in [0, 0.1) is 17.3 Å². The van der Waals surface area contributed by atoms with Gasteiger partial charge in [0.2, 0.25) is 11.8 Å². The fraction of sp³-hybridized carbons (Fsp3) is 0.895. The molecule has 0 aromatic carbocycles. The minimum atomic E-state index is -0.494. The number of rotatable bonds is 2. The molecule has 5 nitrogen and oxygen atoms in total. The van der Waals surface area contributed by atoms with Gasteiger partial charge in [0.05, 0.1) is 0 Å². The first-order valence-electron chi connectivity index (χ1n) is 9.68. The van der Waals surface area contributed by atoms with E-state index in [0.717, 1.165) is 26.2 Å². The monoisotopic (exact) mass is 335 g/mol. The second-order valence-corrected chi connectivity index (χ2v) is 8.85. The first-order valence-corrected chi connectivity index (χ1v) is 9.68. The molecule has 2 heterocycles. The first kappa shape index (κ1) is 17.7. The molecule has 2 amide bonds. The fourth-order valence-electron chi connectivity index (χ4n) is 4.66. The van der Waals surface area contributed by atoms with Gasteiger partial charge in [-0.2, -0.15) is 0 Å². The van der Waals surface area contributed by atoms with Crippen LogP contribution in [-0.2, 0) is 9.59 Å². The second-order valence-electron chi connectivity index (χ2n) is 8.85. The van der Waals surface area contributed by atoms with Gasteiger partial charge in [0.25, 0.3) is 0 Å². The highest BCUT2D eigenvalue weighted by Crippen LogP contribution is 2.36. The quantitative estimate of drug-likeness (QED) is 0.784. The molecule has 2 atom stereocenters. The van der Waals surface area contributed by atoms with Crippen LogP contribution in [0.1, 0.15) is 52.9 Å². The van der Waals surface area contributed by atoms with Gasteiger partial charge in [0.15, 0.2) is 0 Å². The predicted molar refractivity (Wildman–Crippen MR) is 94.5 cm³/mol. The van der Waals surface area contributed by atoms with Gasteiger partial charge >= 0.3 is 0 Å². The van der Waals surface area contributed by atoms with Crippen molar-refractivity contribution in [2.45, 2.75) is 58.9 Å². The normalized spacial score (nSPS) is 30.5. The molecule has 2 saturated heterocycles. The molecule has 1 saturated carbocycles. The Labute approximate surface area is 146 Å². The molecular formula is C19H33N3O2. The molecule has 1 aliphatic carbocycles. The Balaban J connectivity index is 1.59. The molecule has 0 spiro atoms. The van der Waals surface area contributed by atoms with Crippen molar-refractivity contribution in [1.29, 1.82) is 0 Å². The van der Waals surface area contributed by atoms with Crippen molar-refractivity contribution in [2.75, 3.05) is 32.7 Å². The molecule has 0 aromatic heterocycles. The second kappa shape index (κ2) is 7.03. The summed E-state index contributed by atoms with van der Waals surface area (Å²) < 4.78 is 0. The Morgan fingerprint density at radius 2 is 1.67 bits per heavy atom. The van der Waals surface area contributed by atoms with E-state index < -0.39 is 5.92 Å². The fourth-order valence-corrected chi connectivity index (χ4v) is 4.66. The van der Waals surface area contributed by atoms with Crippen LogP contribution in [0.2, 0.25) is 0 Å². The van der Waals surface area contributed by atoms with E-state index in [0.29, 0.717) is 12.6 Å². The van der Waals surface area contributed by atoms with Gasteiger partial charge in [-0.15, -0.1) is 0 Å². The molecule has 0 radical (unpaired) electrons. The number of hydrogen-bond donors (Lipinski definition) is 1. The third-order valence-corrected chi connectivity index (χ3v) is 6.28. The molecule has 3 rings (SSSR count). The van der Waals surface area contributed by atoms with Crippen LogP contribution in [0.3, 0.4) is 0 Å². The van der Waals surface area contributed by atoms with E-state index in [1.54, 1.807) is 0 Å². The summed E-state index contributed by atoms with van der Waals surface area (Å²) in [4.78, 5) is 29.8. The lowest BCUT2D eigenvalue weighted by Gasteiger charge is -2.42. The van der Waals surface area contributed by atoms with Gasteiger partial charge in [0, 0.05) is 44.7 Å². The molecule has 24 heavy (non-hydrogen) atoms. The van der Waals surface area contributed by atoms with Crippen LogP contribution in [0.15, 0.2) is 0 Å². The smallest absolute Gasteiger partial charge is 0.235 e.